The van der Waals surface area contributed by atoms with E-state index in [1.54, 1.807) is 30.4 Å². The van der Waals surface area contributed by atoms with Crippen LogP contribution in [-0.4, -0.2) is 46.3 Å². The van der Waals surface area contributed by atoms with Gasteiger partial charge < -0.3 is 9.47 Å². The van der Waals surface area contributed by atoms with E-state index in [0.717, 1.165) is 4.88 Å². The van der Waals surface area contributed by atoms with Gasteiger partial charge in [0.25, 0.3) is 0 Å². The van der Waals surface area contributed by atoms with Crippen LogP contribution in [-0.2, 0) is 16.0 Å². The lowest BCUT2D eigenvalue weighted by Gasteiger charge is -2.03. The Kier molecular flexibility index (Phi) is 4.58. The topological polar surface area (TPSA) is 79.1 Å². The van der Waals surface area contributed by atoms with E-state index in [4.69, 9.17) is 9.47 Å². The number of carbonyl (C=O) groups excluding carboxylic acids is 1. The van der Waals surface area contributed by atoms with E-state index in [1.165, 1.54) is 11.3 Å². The minimum atomic E-state index is -0.481. The van der Waals surface area contributed by atoms with Gasteiger partial charge in [0.05, 0.1) is 24.4 Å². The van der Waals surface area contributed by atoms with Crippen LogP contribution in [0.15, 0.2) is 11.7 Å². The van der Waals surface area contributed by atoms with E-state index >= 15 is 0 Å². The third-order valence-electron chi connectivity index (χ3n) is 2.49. The molecule has 0 fully saturated rings. The maximum Gasteiger partial charge on any atom is 0.360 e. The molecule has 0 unspecified atom stereocenters. The molecule has 0 amide bonds. The number of rotatable bonds is 6. The molecule has 19 heavy (non-hydrogen) atoms. The predicted octanol–water partition coefficient (Wildman–Crippen LogP) is 0.895. The Morgan fingerprint density at radius 1 is 1.47 bits per heavy atom. The summed E-state index contributed by atoms with van der Waals surface area (Å²) in [6, 6.07) is 0. The molecule has 0 aliphatic carbocycles. The Morgan fingerprint density at radius 3 is 3.00 bits per heavy atom. The smallest absolute Gasteiger partial charge is 0.360 e. The minimum Gasteiger partial charge on any atom is -0.458 e. The fourth-order valence-corrected chi connectivity index (χ4v) is 2.03. The van der Waals surface area contributed by atoms with Crippen LogP contribution < -0.4 is 0 Å². The maximum atomic E-state index is 11.8. The summed E-state index contributed by atoms with van der Waals surface area (Å²) in [4.78, 5) is 16.8. The van der Waals surface area contributed by atoms with E-state index < -0.39 is 5.97 Å². The molecular formula is C11H14N4O3S. The molecule has 0 saturated heterocycles. The van der Waals surface area contributed by atoms with E-state index in [0.29, 0.717) is 18.8 Å². The van der Waals surface area contributed by atoms with Crippen LogP contribution in [0, 0.1) is 6.92 Å². The summed E-state index contributed by atoms with van der Waals surface area (Å²) in [6.07, 6.45) is 1.77. The highest BCUT2D eigenvalue weighted by molar-refractivity contribution is 7.09. The van der Waals surface area contributed by atoms with Crippen LogP contribution in [0.3, 0.4) is 0 Å². The van der Waals surface area contributed by atoms with Crippen LogP contribution in [0.2, 0.25) is 0 Å². The third kappa shape index (κ3) is 3.36. The van der Waals surface area contributed by atoms with Crippen molar-refractivity contribution in [3.8, 4) is 0 Å². The first-order valence-electron chi connectivity index (χ1n) is 5.66. The fourth-order valence-electron chi connectivity index (χ4n) is 1.45. The van der Waals surface area contributed by atoms with Gasteiger partial charge in [-0.2, -0.15) is 0 Å². The molecule has 8 heteroatoms. The van der Waals surface area contributed by atoms with Gasteiger partial charge >= 0.3 is 5.97 Å². The Hall–Kier alpha value is -1.80. The van der Waals surface area contributed by atoms with Gasteiger partial charge in [-0.15, -0.1) is 16.4 Å². The molecule has 2 heterocycles. The van der Waals surface area contributed by atoms with E-state index in [9.17, 15) is 4.79 Å². The third-order valence-corrected chi connectivity index (χ3v) is 3.25. The van der Waals surface area contributed by atoms with Gasteiger partial charge in [-0.1, -0.05) is 5.21 Å². The van der Waals surface area contributed by atoms with Crippen molar-refractivity contribution in [3.63, 3.8) is 0 Å². The van der Waals surface area contributed by atoms with Crippen molar-refractivity contribution in [3.05, 3.63) is 28.0 Å². The van der Waals surface area contributed by atoms with Gasteiger partial charge in [-0.25, -0.2) is 9.48 Å². The normalized spacial score (nSPS) is 10.6. The standard InChI is InChI=1S/C11H14N4O3S/c1-8-10(11(16)18-4-3-17-2)13-14-15(8)6-9-5-12-7-19-9/h5,7H,3-4,6H2,1-2H3. The molecular weight excluding hydrogens is 268 g/mol. The SMILES string of the molecule is COCCOC(=O)c1nnn(Cc2cncs2)c1C. The second-order valence-corrected chi connectivity index (χ2v) is 4.75. The van der Waals surface area contributed by atoms with Crippen molar-refractivity contribution < 1.29 is 14.3 Å². The molecule has 102 valence electrons. The summed E-state index contributed by atoms with van der Waals surface area (Å²) in [5.41, 5.74) is 2.66. The largest absolute Gasteiger partial charge is 0.458 e. The van der Waals surface area contributed by atoms with Crippen molar-refractivity contribution in [2.75, 3.05) is 20.3 Å². The molecule has 0 radical (unpaired) electrons. The second-order valence-electron chi connectivity index (χ2n) is 3.78. The van der Waals surface area contributed by atoms with Crippen molar-refractivity contribution in [2.24, 2.45) is 0 Å². The molecule has 2 rings (SSSR count). The number of aromatic nitrogens is 4. The van der Waals surface area contributed by atoms with Crippen molar-refractivity contribution in [1.29, 1.82) is 0 Å². The zero-order valence-electron chi connectivity index (χ0n) is 10.7. The summed E-state index contributed by atoms with van der Waals surface area (Å²) in [5, 5.41) is 7.81. The van der Waals surface area contributed by atoms with Gasteiger partial charge in [0, 0.05) is 18.2 Å². The first-order chi connectivity index (χ1) is 9.22. The number of carbonyl (C=O) groups is 1. The number of methoxy groups -OCH3 is 1. The molecule has 0 atom stereocenters. The Balaban J connectivity index is 2.03. The summed E-state index contributed by atoms with van der Waals surface area (Å²) in [5.74, 6) is -0.481. The van der Waals surface area contributed by atoms with Crippen LogP contribution in [0.4, 0.5) is 0 Å². The molecule has 0 aromatic carbocycles. The molecule has 2 aromatic heterocycles. The van der Waals surface area contributed by atoms with Gasteiger partial charge in [-0.3, -0.25) is 4.98 Å². The molecule has 0 saturated carbocycles. The average molecular weight is 282 g/mol. The predicted molar refractivity (Wildman–Crippen MR) is 68.1 cm³/mol. The van der Waals surface area contributed by atoms with Gasteiger partial charge in [0.2, 0.25) is 0 Å². The summed E-state index contributed by atoms with van der Waals surface area (Å²) in [6.45, 7) is 2.90. The van der Waals surface area contributed by atoms with Gasteiger partial charge in [-0.05, 0) is 6.92 Å². The number of hydrogen-bond donors (Lipinski definition) is 0. The van der Waals surface area contributed by atoms with Crippen molar-refractivity contribution >= 4 is 17.3 Å². The number of esters is 1. The van der Waals surface area contributed by atoms with E-state index in [1.807, 2.05) is 0 Å². The summed E-state index contributed by atoms with van der Waals surface area (Å²) in [7, 11) is 1.55. The highest BCUT2D eigenvalue weighted by Crippen LogP contribution is 2.11. The number of nitrogens with zero attached hydrogens (tertiary/aromatic N) is 4. The lowest BCUT2D eigenvalue weighted by Crippen LogP contribution is -2.12. The lowest BCUT2D eigenvalue weighted by molar-refractivity contribution is 0.0380. The van der Waals surface area contributed by atoms with Gasteiger partial charge in [0.1, 0.15) is 6.61 Å². The van der Waals surface area contributed by atoms with Crippen LogP contribution in [0.5, 0.6) is 0 Å². The van der Waals surface area contributed by atoms with Gasteiger partial charge in [0.15, 0.2) is 5.69 Å². The molecule has 0 aliphatic heterocycles. The molecule has 7 nitrogen and oxygen atoms in total. The van der Waals surface area contributed by atoms with Crippen LogP contribution >= 0.6 is 11.3 Å². The molecule has 2 aromatic rings. The fraction of sp³-hybridized carbons (Fsp3) is 0.455. The van der Waals surface area contributed by atoms with E-state index in [-0.39, 0.29) is 12.3 Å². The number of hydrogen-bond acceptors (Lipinski definition) is 7. The molecule has 0 N–H and O–H groups in total. The first kappa shape index (κ1) is 13.6. The number of ether oxygens (including phenoxy) is 2. The van der Waals surface area contributed by atoms with Crippen molar-refractivity contribution in [2.45, 2.75) is 13.5 Å². The number of thiazole rings is 1. The lowest BCUT2D eigenvalue weighted by atomic mass is 10.3. The van der Waals surface area contributed by atoms with Crippen molar-refractivity contribution in [1.82, 2.24) is 20.0 Å². The van der Waals surface area contributed by atoms with Crippen LogP contribution in [0.1, 0.15) is 21.1 Å². The Labute approximate surface area is 114 Å². The zero-order chi connectivity index (χ0) is 13.7. The quantitative estimate of drug-likeness (QED) is 0.578. The second kappa shape index (κ2) is 6.39. The monoisotopic (exact) mass is 282 g/mol. The average Bonchev–Trinajstić information content (AvgIpc) is 3.02. The zero-order valence-corrected chi connectivity index (χ0v) is 11.5. The Bertz CT molecular complexity index is 538. The summed E-state index contributed by atoms with van der Waals surface area (Å²) >= 11 is 1.53. The van der Waals surface area contributed by atoms with E-state index in [2.05, 4.69) is 15.3 Å². The Morgan fingerprint density at radius 2 is 2.32 bits per heavy atom. The highest BCUT2D eigenvalue weighted by Gasteiger charge is 2.18. The maximum absolute atomic E-state index is 11.8. The first-order valence-corrected chi connectivity index (χ1v) is 6.54. The van der Waals surface area contributed by atoms with Crippen LogP contribution in [0.25, 0.3) is 0 Å². The summed E-state index contributed by atoms with van der Waals surface area (Å²) < 4.78 is 11.5. The molecule has 0 bridgehead atoms. The molecule has 0 spiro atoms. The minimum absolute atomic E-state index is 0.205. The molecule has 0 aliphatic rings. The highest BCUT2D eigenvalue weighted by atomic mass is 32.1.